The van der Waals surface area contributed by atoms with Crippen LogP contribution in [0.3, 0.4) is 0 Å². The lowest BCUT2D eigenvalue weighted by Gasteiger charge is -2.50. The van der Waals surface area contributed by atoms with Crippen molar-refractivity contribution in [1.29, 1.82) is 0 Å². The first-order chi connectivity index (χ1) is 7.86. The van der Waals surface area contributed by atoms with Crippen LogP contribution < -0.4 is 0 Å². The molecule has 0 radical (unpaired) electrons. The van der Waals surface area contributed by atoms with Gasteiger partial charge in [0.25, 0.3) is 0 Å². The van der Waals surface area contributed by atoms with Gasteiger partial charge in [0.1, 0.15) is 0 Å². The number of ether oxygens (including phenoxy) is 1. The second-order valence-electron chi connectivity index (χ2n) is 8.04. The van der Waals surface area contributed by atoms with Gasteiger partial charge in [-0.1, -0.05) is 27.7 Å². The van der Waals surface area contributed by atoms with Crippen LogP contribution in [0.25, 0.3) is 0 Å². The maximum absolute atomic E-state index is 6.15. The molecule has 3 saturated carbocycles. The number of hydrogen-bond donors (Lipinski definition) is 0. The lowest BCUT2D eigenvalue weighted by molar-refractivity contribution is -0.135. The summed E-state index contributed by atoms with van der Waals surface area (Å²) in [6.45, 7) is 9.96. The SMILES string of the molecule is COC12CCC3(C)CC(C)(C)C(CCC1C)C32. The van der Waals surface area contributed by atoms with E-state index in [-0.39, 0.29) is 5.60 Å². The monoisotopic (exact) mass is 236 g/mol. The molecule has 1 nitrogen and oxygen atoms in total. The largest absolute Gasteiger partial charge is 0.378 e. The molecule has 0 N–H and O–H groups in total. The molecule has 0 spiro atoms. The quantitative estimate of drug-likeness (QED) is 0.661. The minimum Gasteiger partial charge on any atom is -0.378 e. The Hall–Kier alpha value is -0.0400. The van der Waals surface area contributed by atoms with Crippen molar-refractivity contribution in [1.82, 2.24) is 0 Å². The number of rotatable bonds is 1. The van der Waals surface area contributed by atoms with Gasteiger partial charge in [0, 0.05) is 7.11 Å². The highest BCUT2D eigenvalue weighted by atomic mass is 16.5. The van der Waals surface area contributed by atoms with Crippen LogP contribution >= 0.6 is 0 Å². The summed E-state index contributed by atoms with van der Waals surface area (Å²) in [6, 6.07) is 0. The summed E-state index contributed by atoms with van der Waals surface area (Å²) in [5.41, 5.74) is 1.30. The maximum Gasteiger partial charge on any atom is 0.0740 e. The molecule has 1 heteroatoms. The molecule has 3 rings (SSSR count). The first kappa shape index (κ1) is 12.0. The van der Waals surface area contributed by atoms with Gasteiger partial charge in [0.2, 0.25) is 0 Å². The fraction of sp³-hybridized carbons (Fsp3) is 1.00. The van der Waals surface area contributed by atoms with Crippen molar-refractivity contribution >= 4 is 0 Å². The van der Waals surface area contributed by atoms with Crippen LogP contribution in [-0.2, 0) is 4.74 Å². The van der Waals surface area contributed by atoms with Crippen molar-refractivity contribution in [3.05, 3.63) is 0 Å². The molecule has 98 valence electrons. The van der Waals surface area contributed by atoms with Crippen LogP contribution in [0.1, 0.15) is 59.8 Å². The summed E-state index contributed by atoms with van der Waals surface area (Å²) < 4.78 is 6.15. The number of methoxy groups -OCH3 is 1. The molecular weight excluding hydrogens is 208 g/mol. The zero-order chi connectivity index (χ0) is 12.5. The third-order valence-electron chi connectivity index (χ3n) is 6.75. The highest BCUT2D eigenvalue weighted by Crippen LogP contribution is 2.71. The van der Waals surface area contributed by atoms with E-state index in [2.05, 4.69) is 27.7 Å². The Morgan fingerprint density at radius 2 is 1.76 bits per heavy atom. The summed E-state index contributed by atoms with van der Waals surface area (Å²) in [5.74, 6) is 2.47. The zero-order valence-electron chi connectivity index (χ0n) is 12.2. The van der Waals surface area contributed by atoms with Crippen molar-refractivity contribution in [3.8, 4) is 0 Å². The van der Waals surface area contributed by atoms with Crippen molar-refractivity contribution in [2.24, 2.45) is 28.6 Å². The van der Waals surface area contributed by atoms with E-state index in [9.17, 15) is 0 Å². The lowest BCUT2D eigenvalue weighted by atomic mass is 9.61. The van der Waals surface area contributed by atoms with E-state index in [1.54, 1.807) is 0 Å². The fourth-order valence-corrected chi connectivity index (χ4v) is 6.24. The average Bonchev–Trinajstić information content (AvgIpc) is 2.64. The first-order valence-electron chi connectivity index (χ1n) is 7.41. The predicted octanol–water partition coefficient (Wildman–Crippen LogP) is 4.26. The van der Waals surface area contributed by atoms with Crippen molar-refractivity contribution in [2.75, 3.05) is 7.11 Å². The Bertz CT molecular complexity index is 334. The minimum atomic E-state index is 0.214. The Morgan fingerprint density at radius 3 is 2.41 bits per heavy atom. The molecule has 17 heavy (non-hydrogen) atoms. The van der Waals surface area contributed by atoms with Crippen LogP contribution in [0.4, 0.5) is 0 Å². The van der Waals surface area contributed by atoms with Gasteiger partial charge in [-0.2, -0.15) is 0 Å². The van der Waals surface area contributed by atoms with Crippen LogP contribution in [0.2, 0.25) is 0 Å². The van der Waals surface area contributed by atoms with E-state index in [0.717, 1.165) is 17.8 Å². The third-order valence-corrected chi connectivity index (χ3v) is 6.75. The zero-order valence-corrected chi connectivity index (χ0v) is 12.2. The summed E-state index contributed by atoms with van der Waals surface area (Å²) in [4.78, 5) is 0. The van der Waals surface area contributed by atoms with E-state index < -0.39 is 0 Å². The summed E-state index contributed by atoms with van der Waals surface area (Å²) in [6.07, 6.45) is 6.90. The third kappa shape index (κ3) is 1.30. The smallest absolute Gasteiger partial charge is 0.0740 e. The topological polar surface area (TPSA) is 9.23 Å². The van der Waals surface area contributed by atoms with Crippen LogP contribution in [0.15, 0.2) is 0 Å². The van der Waals surface area contributed by atoms with Crippen molar-refractivity contribution in [3.63, 3.8) is 0 Å². The fourth-order valence-electron chi connectivity index (χ4n) is 6.24. The Kier molecular flexibility index (Phi) is 2.32. The normalized spacial score (nSPS) is 55.9. The standard InChI is InChI=1S/C16H28O/c1-11-6-7-12-13-15(4,10-14(12,2)3)8-9-16(11,13)17-5/h11-13H,6-10H2,1-5H3. The van der Waals surface area contributed by atoms with Crippen LogP contribution in [0, 0.1) is 28.6 Å². The summed E-state index contributed by atoms with van der Waals surface area (Å²) in [7, 11) is 1.97. The van der Waals surface area contributed by atoms with Gasteiger partial charge in [0.15, 0.2) is 0 Å². The summed E-state index contributed by atoms with van der Waals surface area (Å²) in [5, 5.41) is 0. The molecule has 3 aliphatic carbocycles. The average molecular weight is 236 g/mol. The second-order valence-corrected chi connectivity index (χ2v) is 8.04. The molecule has 0 aromatic rings. The molecule has 0 heterocycles. The van der Waals surface area contributed by atoms with E-state index in [0.29, 0.717) is 10.8 Å². The van der Waals surface area contributed by atoms with Crippen molar-refractivity contribution < 1.29 is 4.74 Å². The van der Waals surface area contributed by atoms with Crippen LogP contribution in [-0.4, -0.2) is 12.7 Å². The highest BCUT2D eigenvalue weighted by molar-refractivity contribution is 5.17. The van der Waals surface area contributed by atoms with Gasteiger partial charge in [0.05, 0.1) is 5.60 Å². The van der Waals surface area contributed by atoms with Gasteiger partial charge in [-0.05, 0) is 60.7 Å². The van der Waals surface area contributed by atoms with E-state index in [1.807, 2.05) is 7.11 Å². The number of hydrogen-bond acceptors (Lipinski definition) is 1. The van der Waals surface area contributed by atoms with E-state index >= 15 is 0 Å². The second kappa shape index (κ2) is 3.29. The molecule has 0 amide bonds. The molecule has 0 aliphatic heterocycles. The van der Waals surface area contributed by atoms with Gasteiger partial charge < -0.3 is 4.74 Å². The Balaban J connectivity index is 2.08. The van der Waals surface area contributed by atoms with Gasteiger partial charge in [-0.3, -0.25) is 0 Å². The maximum atomic E-state index is 6.15. The van der Waals surface area contributed by atoms with Gasteiger partial charge >= 0.3 is 0 Å². The van der Waals surface area contributed by atoms with Gasteiger partial charge in [-0.15, -0.1) is 0 Å². The molecule has 3 fully saturated rings. The first-order valence-corrected chi connectivity index (χ1v) is 7.41. The molecule has 0 aromatic heterocycles. The van der Waals surface area contributed by atoms with Crippen LogP contribution in [0.5, 0.6) is 0 Å². The lowest BCUT2D eigenvalue weighted by Crippen LogP contribution is -2.51. The minimum absolute atomic E-state index is 0.214. The molecule has 0 aromatic carbocycles. The van der Waals surface area contributed by atoms with Gasteiger partial charge in [-0.25, -0.2) is 0 Å². The molecule has 5 atom stereocenters. The molecular formula is C16H28O. The highest BCUT2D eigenvalue weighted by Gasteiger charge is 2.68. The summed E-state index contributed by atoms with van der Waals surface area (Å²) >= 11 is 0. The molecule has 0 bridgehead atoms. The molecule has 3 aliphatic rings. The Labute approximate surface area is 106 Å². The molecule has 0 saturated heterocycles. The molecule has 5 unspecified atom stereocenters. The van der Waals surface area contributed by atoms with E-state index in [4.69, 9.17) is 4.74 Å². The van der Waals surface area contributed by atoms with Crippen molar-refractivity contribution in [2.45, 2.75) is 65.4 Å². The van der Waals surface area contributed by atoms with E-state index in [1.165, 1.54) is 32.1 Å². The Morgan fingerprint density at radius 1 is 1.06 bits per heavy atom. The predicted molar refractivity (Wildman–Crippen MR) is 70.9 cm³/mol.